The third-order valence-electron chi connectivity index (χ3n) is 4.44. The van der Waals surface area contributed by atoms with Gasteiger partial charge in [-0.1, -0.05) is 60.7 Å². The molecule has 1 aliphatic rings. The van der Waals surface area contributed by atoms with Crippen molar-refractivity contribution in [2.45, 2.75) is 25.9 Å². The van der Waals surface area contributed by atoms with Crippen LogP contribution in [0.5, 0.6) is 0 Å². The largest absolute Gasteiger partial charge is 0.328 e. The number of urea groups is 1. The number of hydrogen-bond donors (Lipinski definition) is 0. The Kier molecular flexibility index (Phi) is 4.15. The van der Waals surface area contributed by atoms with E-state index in [-0.39, 0.29) is 30.6 Å². The topological polar surface area (TPSA) is 40.6 Å². The highest BCUT2D eigenvalue weighted by atomic mass is 16.2. The second kappa shape index (κ2) is 6.24. The van der Waals surface area contributed by atoms with Crippen molar-refractivity contribution in [3.05, 3.63) is 71.8 Å². The van der Waals surface area contributed by atoms with Gasteiger partial charge in [-0.05, 0) is 25.0 Å². The molecule has 0 saturated carbocycles. The van der Waals surface area contributed by atoms with Crippen LogP contribution in [0.2, 0.25) is 0 Å². The first-order valence-electron chi connectivity index (χ1n) is 7.82. The second-order valence-electron chi connectivity index (χ2n) is 5.85. The van der Waals surface area contributed by atoms with Gasteiger partial charge in [0.1, 0.15) is 6.54 Å². The van der Waals surface area contributed by atoms with Gasteiger partial charge in [0, 0.05) is 0 Å². The van der Waals surface area contributed by atoms with Crippen LogP contribution in [0.25, 0.3) is 0 Å². The SMILES string of the molecule is CC(c1ccccc1)N1CC(=O)N([C@H](C)c2ccccc2)C1=O. The van der Waals surface area contributed by atoms with Crippen molar-refractivity contribution in [3.63, 3.8) is 0 Å². The Bertz CT molecular complexity index is 700. The number of carbonyl (C=O) groups is 2. The minimum atomic E-state index is -0.260. The summed E-state index contributed by atoms with van der Waals surface area (Å²) in [5.41, 5.74) is 1.99. The summed E-state index contributed by atoms with van der Waals surface area (Å²) in [6.07, 6.45) is 0. The van der Waals surface area contributed by atoms with E-state index in [2.05, 4.69) is 0 Å². The van der Waals surface area contributed by atoms with Crippen molar-refractivity contribution in [2.75, 3.05) is 6.54 Å². The van der Waals surface area contributed by atoms with Crippen LogP contribution in [0.1, 0.15) is 37.1 Å². The van der Waals surface area contributed by atoms with Crippen LogP contribution in [-0.4, -0.2) is 28.3 Å². The third kappa shape index (κ3) is 2.84. The third-order valence-corrected chi connectivity index (χ3v) is 4.44. The van der Waals surface area contributed by atoms with Crippen molar-refractivity contribution in [2.24, 2.45) is 0 Å². The van der Waals surface area contributed by atoms with E-state index >= 15 is 0 Å². The maximum atomic E-state index is 12.8. The van der Waals surface area contributed by atoms with Gasteiger partial charge < -0.3 is 4.90 Å². The average molecular weight is 308 g/mol. The molecule has 2 atom stereocenters. The monoisotopic (exact) mass is 308 g/mol. The van der Waals surface area contributed by atoms with Crippen LogP contribution in [0.15, 0.2) is 60.7 Å². The van der Waals surface area contributed by atoms with E-state index in [0.29, 0.717) is 0 Å². The molecule has 2 aromatic rings. The Morgan fingerprint density at radius 3 is 1.78 bits per heavy atom. The first-order valence-corrected chi connectivity index (χ1v) is 7.82. The summed E-state index contributed by atoms with van der Waals surface area (Å²) in [4.78, 5) is 28.2. The Labute approximate surface area is 136 Å². The predicted molar refractivity (Wildman–Crippen MR) is 88.7 cm³/mol. The zero-order valence-corrected chi connectivity index (χ0v) is 13.3. The lowest BCUT2D eigenvalue weighted by Crippen LogP contribution is -2.36. The summed E-state index contributed by atoms with van der Waals surface area (Å²) in [6.45, 7) is 3.98. The summed E-state index contributed by atoms with van der Waals surface area (Å²) in [7, 11) is 0. The highest BCUT2D eigenvalue weighted by Crippen LogP contribution is 2.30. The summed E-state index contributed by atoms with van der Waals surface area (Å²) < 4.78 is 0. The van der Waals surface area contributed by atoms with E-state index in [1.54, 1.807) is 4.90 Å². The van der Waals surface area contributed by atoms with Crippen molar-refractivity contribution in [1.29, 1.82) is 0 Å². The molecule has 1 saturated heterocycles. The van der Waals surface area contributed by atoms with Gasteiger partial charge in [-0.3, -0.25) is 9.69 Å². The molecular weight excluding hydrogens is 288 g/mol. The highest BCUT2D eigenvalue weighted by molar-refractivity contribution is 6.02. The van der Waals surface area contributed by atoms with Crippen LogP contribution in [0, 0.1) is 0 Å². The molecule has 3 rings (SSSR count). The van der Waals surface area contributed by atoms with Crippen LogP contribution in [-0.2, 0) is 4.79 Å². The molecule has 1 aliphatic heterocycles. The van der Waals surface area contributed by atoms with Gasteiger partial charge in [0.25, 0.3) is 5.91 Å². The number of benzene rings is 2. The molecule has 4 nitrogen and oxygen atoms in total. The first-order chi connectivity index (χ1) is 11.1. The van der Waals surface area contributed by atoms with Crippen LogP contribution in [0.4, 0.5) is 4.79 Å². The lowest BCUT2D eigenvalue weighted by atomic mass is 10.1. The van der Waals surface area contributed by atoms with E-state index in [9.17, 15) is 9.59 Å². The molecular formula is C19H20N2O2. The van der Waals surface area contributed by atoms with Gasteiger partial charge in [-0.25, -0.2) is 4.79 Å². The van der Waals surface area contributed by atoms with Crippen LogP contribution in [0.3, 0.4) is 0 Å². The van der Waals surface area contributed by atoms with Crippen molar-refractivity contribution in [1.82, 2.24) is 9.80 Å². The lowest BCUT2D eigenvalue weighted by Gasteiger charge is -2.26. The highest BCUT2D eigenvalue weighted by Gasteiger charge is 2.41. The number of carbonyl (C=O) groups excluding carboxylic acids is 2. The van der Waals surface area contributed by atoms with Gasteiger partial charge in [0.2, 0.25) is 0 Å². The molecule has 0 aromatic heterocycles. The molecule has 0 bridgehead atoms. The molecule has 23 heavy (non-hydrogen) atoms. The van der Waals surface area contributed by atoms with Crippen molar-refractivity contribution >= 4 is 11.9 Å². The van der Waals surface area contributed by atoms with E-state index < -0.39 is 0 Å². The minimum absolute atomic E-state index is 0.124. The molecule has 2 aromatic carbocycles. The second-order valence-corrected chi connectivity index (χ2v) is 5.85. The molecule has 1 heterocycles. The Hall–Kier alpha value is -2.62. The predicted octanol–water partition coefficient (Wildman–Crippen LogP) is 3.77. The lowest BCUT2D eigenvalue weighted by molar-refractivity contribution is -0.126. The molecule has 0 aliphatic carbocycles. The van der Waals surface area contributed by atoms with E-state index in [1.807, 2.05) is 74.5 Å². The molecule has 118 valence electrons. The van der Waals surface area contributed by atoms with Crippen molar-refractivity contribution < 1.29 is 9.59 Å². The molecule has 0 N–H and O–H groups in total. The van der Waals surface area contributed by atoms with E-state index in [1.165, 1.54) is 4.90 Å². The number of rotatable bonds is 4. The maximum absolute atomic E-state index is 12.8. The molecule has 0 radical (unpaired) electrons. The Morgan fingerprint density at radius 1 is 0.783 bits per heavy atom. The number of hydrogen-bond acceptors (Lipinski definition) is 2. The number of amides is 3. The fourth-order valence-corrected chi connectivity index (χ4v) is 3.01. The van der Waals surface area contributed by atoms with Gasteiger partial charge in [0.15, 0.2) is 0 Å². The molecule has 3 amide bonds. The standard InChI is InChI=1S/C19H20N2O2/c1-14(16-9-5-3-6-10-16)20-13-18(22)21(19(20)23)15(2)17-11-7-4-8-12-17/h3-12,14-15H,13H2,1-2H3/t14?,15-/m1/s1. The maximum Gasteiger partial charge on any atom is 0.328 e. The fourth-order valence-electron chi connectivity index (χ4n) is 3.01. The number of imide groups is 1. The van der Waals surface area contributed by atoms with Gasteiger partial charge in [-0.2, -0.15) is 0 Å². The molecule has 4 heteroatoms. The van der Waals surface area contributed by atoms with Crippen molar-refractivity contribution in [3.8, 4) is 0 Å². The first kappa shape index (κ1) is 15.3. The fraction of sp³-hybridized carbons (Fsp3) is 0.263. The molecule has 0 spiro atoms. The van der Waals surface area contributed by atoms with Gasteiger partial charge >= 0.3 is 6.03 Å². The van der Waals surface area contributed by atoms with Crippen LogP contribution >= 0.6 is 0 Å². The molecule has 1 unspecified atom stereocenters. The minimum Gasteiger partial charge on any atom is -0.308 e. The van der Waals surface area contributed by atoms with E-state index in [4.69, 9.17) is 0 Å². The zero-order valence-electron chi connectivity index (χ0n) is 13.3. The number of nitrogens with zero attached hydrogens (tertiary/aromatic N) is 2. The summed E-state index contributed by atoms with van der Waals surface area (Å²) in [5, 5.41) is 0. The summed E-state index contributed by atoms with van der Waals surface area (Å²) in [6, 6.07) is 18.8. The summed E-state index contributed by atoms with van der Waals surface area (Å²) >= 11 is 0. The smallest absolute Gasteiger partial charge is 0.308 e. The average Bonchev–Trinajstić information content (AvgIpc) is 2.89. The Balaban J connectivity index is 1.83. The van der Waals surface area contributed by atoms with Crippen LogP contribution < -0.4 is 0 Å². The zero-order chi connectivity index (χ0) is 16.4. The quantitative estimate of drug-likeness (QED) is 0.807. The van der Waals surface area contributed by atoms with Gasteiger partial charge in [0.05, 0.1) is 12.1 Å². The molecule has 1 fully saturated rings. The summed E-state index contributed by atoms with van der Waals surface area (Å²) in [5.74, 6) is -0.144. The van der Waals surface area contributed by atoms with Gasteiger partial charge in [-0.15, -0.1) is 0 Å². The Morgan fingerprint density at radius 2 is 1.26 bits per heavy atom. The van der Waals surface area contributed by atoms with E-state index in [0.717, 1.165) is 11.1 Å². The normalized spacial score (nSPS) is 17.5.